The molecule has 0 spiro atoms. The minimum absolute atomic E-state index is 0.0360. The number of nitrogens with one attached hydrogen (secondary N) is 1. The van der Waals surface area contributed by atoms with Crippen molar-refractivity contribution >= 4 is 28.8 Å². The maximum absolute atomic E-state index is 13.0. The van der Waals surface area contributed by atoms with Crippen LogP contribution < -0.4 is 11.1 Å². The van der Waals surface area contributed by atoms with E-state index in [-0.39, 0.29) is 28.9 Å². The fourth-order valence-corrected chi connectivity index (χ4v) is 5.93. The van der Waals surface area contributed by atoms with Crippen LogP contribution in [-0.4, -0.2) is 56.6 Å². The van der Waals surface area contributed by atoms with E-state index in [2.05, 4.69) is 34.0 Å². The Hall–Kier alpha value is -4.37. The SMILES string of the molecule is CCC(CC1(C[C@H](C)c2nc(-c3ccc(C(=O)Nc4ccccn4)cc3)c3c(N)nccn23)CC1)C(=O)/C=C/CN(C)C. The molecule has 3 aromatic heterocycles. The molecule has 1 saturated carbocycles. The number of fused-ring (bicyclic) bond motifs is 1. The normalized spacial score (nSPS) is 15.6. The highest BCUT2D eigenvalue weighted by molar-refractivity contribution is 6.04. The van der Waals surface area contributed by atoms with Crippen molar-refractivity contribution in [2.45, 2.75) is 51.9 Å². The summed E-state index contributed by atoms with van der Waals surface area (Å²) in [5.41, 5.74) is 9.42. The molecule has 224 valence electrons. The summed E-state index contributed by atoms with van der Waals surface area (Å²) >= 11 is 0. The van der Waals surface area contributed by atoms with E-state index in [1.807, 2.05) is 49.0 Å². The summed E-state index contributed by atoms with van der Waals surface area (Å²) in [5, 5.41) is 2.82. The number of nitrogens with two attached hydrogens (primary N) is 1. The summed E-state index contributed by atoms with van der Waals surface area (Å²) in [4.78, 5) is 41.4. The molecule has 1 aromatic carbocycles. The lowest BCUT2D eigenvalue weighted by Gasteiger charge is -2.23. The van der Waals surface area contributed by atoms with E-state index in [1.165, 1.54) is 0 Å². The average Bonchev–Trinajstić information content (AvgIpc) is 3.63. The molecule has 3 N–H and O–H groups in total. The number of nitrogens with zero attached hydrogens (tertiary/aromatic N) is 5. The summed E-state index contributed by atoms with van der Waals surface area (Å²) in [6.45, 7) is 5.08. The van der Waals surface area contributed by atoms with Crippen LogP contribution in [0.25, 0.3) is 16.8 Å². The Morgan fingerprint density at radius 1 is 1.09 bits per heavy atom. The lowest BCUT2D eigenvalue weighted by Crippen LogP contribution is -2.19. The van der Waals surface area contributed by atoms with E-state index in [1.54, 1.807) is 42.7 Å². The Kier molecular flexibility index (Phi) is 9.01. The first-order valence-electron chi connectivity index (χ1n) is 15.0. The number of nitrogen functional groups attached to an aromatic ring is 1. The number of amides is 1. The molecular weight excluding hydrogens is 538 g/mol. The molecule has 2 atom stereocenters. The van der Waals surface area contributed by atoms with Crippen molar-refractivity contribution in [1.29, 1.82) is 0 Å². The van der Waals surface area contributed by atoms with Crippen molar-refractivity contribution in [2.24, 2.45) is 11.3 Å². The summed E-state index contributed by atoms with van der Waals surface area (Å²) < 4.78 is 2.05. The quantitative estimate of drug-likeness (QED) is 0.186. The summed E-state index contributed by atoms with van der Waals surface area (Å²) in [6.07, 6.45) is 13.9. The van der Waals surface area contributed by atoms with Gasteiger partial charge in [0.25, 0.3) is 5.91 Å². The van der Waals surface area contributed by atoms with Gasteiger partial charge in [0.05, 0.1) is 0 Å². The van der Waals surface area contributed by atoms with Crippen molar-refractivity contribution in [2.75, 3.05) is 31.7 Å². The van der Waals surface area contributed by atoms with Crippen molar-refractivity contribution in [1.82, 2.24) is 24.3 Å². The van der Waals surface area contributed by atoms with Gasteiger partial charge in [0.15, 0.2) is 5.78 Å². The van der Waals surface area contributed by atoms with E-state index in [0.29, 0.717) is 17.2 Å². The Balaban J connectivity index is 1.35. The van der Waals surface area contributed by atoms with Crippen molar-refractivity contribution in [3.05, 3.63) is 84.6 Å². The third-order valence-electron chi connectivity index (χ3n) is 8.40. The van der Waals surface area contributed by atoms with E-state index in [0.717, 1.165) is 61.2 Å². The van der Waals surface area contributed by atoms with Crippen LogP contribution in [0.15, 0.2) is 73.2 Å². The summed E-state index contributed by atoms with van der Waals surface area (Å²) in [5.74, 6) is 2.00. The van der Waals surface area contributed by atoms with Crippen molar-refractivity contribution in [3.8, 4) is 11.3 Å². The van der Waals surface area contributed by atoms with Crippen LogP contribution in [0.1, 0.15) is 68.1 Å². The van der Waals surface area contributed by atoms with Gasteiger partial charge in [-0.3, -0.25) is 14.0 Å². The topological polar surface area (TPSA) is 119 Å². The van der Waals surface area contributed by atoms with Crippen molar-refractivity contribution in [3.63, 3.8) is 0 Å². The number of aromatic nitrogens is 4. The van der Waals surface area contributed by atoms with Gasteiger partial charge >= 0.3 is 0 Å². The number of allylic oxidation sites excluding steroid dienone is 1. The highest BCUT2D eigenvalue weighted by atomic mass is 16.1. The van der Waals surface area contributed by atoms with Gasteiger partial charge in [0.2, 0.25) is 0 Å². The van der Waals surface area contributed by atoms with Crippen LogP contribution in [0.3, 0.4) is 0 Å². The van der Waals surface area contributed by atoms with Crippen molar-refractivity contribution < 1.29 is 9.59 Å². The minimum atomic E-state index is -0.234. The highest BCUT2D eigenvalue weighted by Gasteiger charge is 2.46. The Bertz CT molecular complexity index is 1610. The van der Waals surface area contributed by atoms with Gasteiger partial charge in [-0.15, -0.1) is 0 Å². The average molecular weight is 580 g/mol. The van der Waals surface area contributed by atoms with Crippen LogP contribution >= 0.6 is 0 Å². The zero-order valence-corrected chi connectivity index (χ0v) is 25.5. The molecule has 0 saturated heterocycles. The molecule has 9 nitrogen and oxygen atoms in total. The molecule has 1 fully saturated rings. The number of likely N-dealkylation sites (N-methyl/N-ethyl adjacent to an activating group) is 1. The van der Waals surface area contributed by atoms with E-state index in [4.69, 9.17) is 10.7 Å². The predicted octanol–water partition coefficient (Wildman–Crippen LogP) is 6.00. The maximum Gasteiger partial charge on any atom is 0.256 e. The fourth-order valence-electron chi connectivity index (χ4n) is 5.93. The lowest BCUT2D eigenvalue weighted by atomic mass is 9.81. The lowest BCUT2D eigenvalue weighted by molar-refractivity contribution is -0.119. The molecule has 43 heavy (non-hydrogen) atoms. The molecule has 0 radical (unpaired) electrons. The molecule has 1 unspecified atom stereocenters. The molecule has 0 aliphatic heterocycles. The molecule has 3 heterocycles. The van der Waals surface area contributed by atoms with Gasteiger partial charge in [-0.1, -0.05) is 38.1 Å². The predicted molar refractivity (Wildman–Crippen MR) is 171 cm³/mol. The van der Waals surface area contributed by atoms with Crippen LogP contribution in [0.2, 0.25) is 0 Å². The summed E-state index contributed by atoms with van der Waals surface area (Å²) in [6, 6.07) is 12.7. The number of rotatable bonds is 13. The van der Waals surface area contributed by atoms with E-state index >= 15 is 0 Å². The van der Waals surface area contributed by atoms with Gasteiger partial charge in [-0.25, -0.2) is 15.0 Å². The number of ketones is 1. The number of benzene rings is 1. The van der Waals surface area contributed by atoms with E-state index < -0.39 is 0 Å². The first-order valence-corrected chi connectivity index (χ1v) is 15.0. The third-order valence-corrected chi connectivity index (χ3v) is 8.40. The van der Waals surface area contributed by atoms with Crippen LogP contribution in [-0.2, 0) is 4.79 Å². The fraction of sp³-hybridized carbons (Fsp3) is 0.382. The number of carbonyl (C=O) groups is 2. The van der Waals surface area contributed by atoms with Crippen LogP contribution in [0, 0.1) is 11.3 Å². The molecule has 1 aliphatic carbocycles. The molecule has 5 rings (SSSR count). The largest absolute Gasteiger partial charge is 0.382 e. The second kappa shape index (κ2) is 12.9. The number of imidazole rings is 1. The first kappa shape index (κ1) is 30.1. The molecule has 4 aromatic rings. The number of hydrogen-bond donors (Lipinski definition) is 2. The molecule has 0 bridgehead atoms. The molecule has 1 amide bonds. The Morgan fingerprint density at radius 3 is 2.51 bits per heavy atom. The van der Waals surface area contributed by atoms with Gasteiger partial charge in [0, 0.05) is 48.1 Å². The van der Waals surface area contributed by atoms with E-state index in [9.17, 15) is 9.59 Å². The highest BCUT2D eigenvalue weighted by Crippen LogP contribution is 2.56. The van der Waals surface area contributed by atoms with Gasteiger partial charge in [-0.05, 0) is 82.0 Å². The number of hydrogen-bond acceptors (Lipinski definition) is 7. The van der Waals surface area contributed by atoms with Gasteiger partial charge in [0.1, 0.15) is 28.7 Å². The minimum Gasteiger partial charge on any atom is -0.382 e. The van der Waals surface area contributed by atoms with Gasteiger partial charge in [-0.2, -0.15) is 0 Å². The zero-order valence-electron chi connectivity index (χ0n) is 25.5. The second-order valence-electron chi connectivity index (χ2n) is 12.1. The van der Waals surface area contributed by atoms with Crippen LogP contribution in [0.4, 0.5) is 11.6 Å². The first-order chi connectivity index (χ1) is 20.7. The maximum atomic E-state index is 13.0. The Morgan fingerprint density at radius 2 is 1.86 bits per heavy atom. The zero-order chi connectivity index (χ0) is 30.6. The smallest absolute Gasteiger partial charge is 0.256 e. The molecule has 9 heteroatoms. The van der Waals surface area contributed by atoms with Gasteiger partial charge < -0.3 is 16.0 Å². The molecular formula is C34H41N7O2. The Labute approximate surface area is 253 Å². The second-order valence-corrected chi connectivity index (χ2v) is 12.1. The number of carbonyl (C=O) groups excluding carboxylic acids is 2. The number of pyridine rings is 1. The number of anilines is 2. The summed E-state index contributed by atoms with van der Waals surface area (Å²) in [7, 11) is 4.00. The molecule has 1 aliphatic rings. The third kappa shape index (κ3) is 7.00. The van der Waals surface area contributed by atoms with Crippen LogP contribution in [0.5, 0.6) is 0 Å². The monoisotopic (exact) mass is 579 g/mol. The standard InChI is InChI=1S/C34H41N7O2/c1-5-24(27(42)9-8-19-40(3)4)22-34(15-16-34)21-23(2)32-39-29(30-31(35)37-18-20-41(30)32)25-11-13-26(14-12-25)33(43)38-28-10-6-7-17-36-28/h6-14,17-18,20,23-24H,5,15-16,19,21-22H2,1-4H3,(H2,35,37)(H,36,38,43)/b9-8+/t23-,24?/m0/s1.